The van der Waals surface area contributed by atoms with E-state index in [4.69, 9.17) is 4.74 Å². The highest BCUT2D eigenvalue weighted by molar-refractivity contribution is 5.37. The van der Waals surface area contributed by atoms with Gasteiger partial charge in [0.25, 0.3) is 0 Å². The summed E-state index contributed by atoms with van der Waals surface area (Å²) >= 11 is 0. The fraction of sp³-hybridized carbons (Fsp3) is 0.647. The summed E-state index contributed by atoms with van der Waals surface area (Å²) in [5.41, 5.74) is 1.80. The Morgan fingerprint density at radius 2 is 2.10 bits per heavy atom. The van der Waals surface area contributed by atoms with Crippen LogP contribution in [0.25, 0.3) is 0 Å². The highest BCUT2D eigenvalue weighted by Crippen LogP contribution is 2.33. The number of rotatable bonds is 2. The molecule has 0 radical (unpaired) electrons. The van der Waals surface area contributed by atoms with Crippen molar-refractivity contribution >= 4 is 0 Å². The van der Waals surface area contributed by atoms with Crippen molar-refractivity contribution in [3.05, 3.63) is 29.8 Å². The van der Waals surface area contributed by atoms with Crippen molar-refractivity contribution in [1.82, 2.24) is 10.2 Å². The Labute approximate surface area is 121 Å². The molecule has 0 aromatic heterocycles. The number of nitrogens with one attached hydrogen (secondary N) is 1. The molecule has 1 unspecified atom stereocenters. The second kappa shape index (κ2) is 5.05. The summed E-state index contributed by atoms with van der Waals surface area (Å²) in [5, 5.41) is 3.78. The van der Waals surface area contributed by atoms with Crippen LogP contribution in [0.5, 0.6) is 5.75 Å². The molecular formula is C17H24N2O. The second-order valence-corrected chi connectivity index (χ2v) is 6.70. The van der Waals surface area contributed by atoms with Gasteiger partial charge >= 0.3 is 0 Å². The van der Waals surface area contributed by atoms with Crippen LogP contribution in [0.4, 0.5) is 0 Å². The molecular weight excluding hydrogens is 248 g/mol. The quantitative estimate of drug-likeness (QED) is 0.893. The normalized spacial score (nSPS) is 28.5. The Kier molecular flexibility index (Phi) is 3.20. The number of piperazine rings is 1. The van der Waals surface area contributed by atoms with Crippen LogP contribution in [-0.2, 0) is 6.42 Å². The van der Waals surface area contributed by atoms with Crippen molar-refractivity contribution in [3.63, 3.8) is 0 Å². The van der Waals surface area contributed by atoms with Gasteiger partial charge in [-0.3, -0.25) is 4.90 Å². The van der Waals surface area contributed by atoms with Crippen LogP contribution in [0.1, 0.15) is 31.2 Å². The third-order valence-electron chi connectivity index (χ3n) is 5.19. The van der Waals surface area contributed by atoms with Gasteiger partial charge in [-0.25, -0.2) is 0 Å². The molecule has 3 aliphatic rings. The molecule has 1 N–H and O–H groups in total. The van der Waals surface area contributed by atoms with Gasteiger partial charge in [-0.2, -0.15) is 0 Å². The van der Waals surface area contributed by atoms with E-state index in [1.54, 1.807) is 0 Å². The number of benzene rings is 1. The minimum absolute atomic E-state index is 0.351. The number of fused-ring (bicyclic) bond motifs is 1. The summed E-state index contributed by atoms with van der Waals surface area (Å²) in [5.74, 6) is 1.10. The van der Waals surface area contributed by atoms with Gasteiger partial charge in [0.05, 0.1) is 0 Å². The first-order chi connectivity index (χ1) is 9.83. The summed E-state index contributed by atoms with van der Waals surface area (Å²) in [6.45, 7) is 4.60. The Bertz CT molecular complexity index is 457. The van der Waals surface area contributed by atoms with Crippen LogP contribution in [0.15, 0.2) is 24.3 Å². The predicted molar refractivity (Wildman–Crippen MR) is 80.2 cm³/mol. The SMILES string of the molecule is c1ccc2c(c1)CC(CN1CCNC3(CCCC3)C1)O2. The smallest absolute Gasteiger partial charge is 0.123 e. The zero-order valence-electron chi connectivity index (χ0n) is 12.1. The van der Waals surface area contributed by atoms with Gasteiger partial charge in [-0.1, -0.05) is 31.0 Å². The average Bonchev–Trinajstić information content (AvgIpc) is 3.05. The van der Waals surface area contributed by atoms with Gasteiger partial charge in [0.2, 0.25) is 0 Å². The lowest BCUT2D eigenvalue weighted by molar-refractivity contribution is 0.0904. The molecule has 20 heavy (non-hydrogen) atoms. The minimum atomic E-state index is 0.351. The zero-order chi connectivity index (χ0) is 13.4. The molecule has 4 rings (SSSR count). The standard InChI is InChI=1S/C17H24N2O/c1-2-6-16-14(5-1)11-15(20-16)12-19-10-9-18-17(13-19)7-3-4-8-17/h1-2,5-6,15,18H,3-4,7-13H2. The summed E-state index contributed by atoms with van der Waals surface area (Å²) < 4.78 is 6.10. The number of para-hydroxylation sites is 1. The number of hydrogen-bond donors (Lipinski definition) is 1. The molecule has 2 aliphatic heterocycles. The third-order valence-corrected chi connectivity index (χ3v) is 5.19. The first-order valence-electron chi connectivity index (χ1n) is 8.05. The van der Waals surface area contributed by atoms with Crippen molar-refractivity contribution in [2.75, 3.05) is 26.2 Å². The molecule has 1 aromatic carbocycles. The molecule has 0 amide bonds. The van der Waals surface area contributed by atoms with E-state index in [-0.39, 0.29) is 0 Å². The van der Waals surface area contributed by atoms with E-state index in [0.29, 0.717) is 11.6 Å². The van der Waals surface area contributed by atoms with Crippen LogP contribution in [0, 0.1) is 0 Å². The molecule has 2 heterocycles. The number of nitrogens with zero attached hydrogens (tertiary/aromatic N) is 1. The fourth-order valence-electron chi connectivity index (χ4n) is 4.23. The lowest BCUT2D eigenvalue weighted by atomic mass is 9.94. The van der Waals surface area contributed by atoms with E-state index in [1.165, 1.54) is 37.8 Å². The fourth-order valence-corrected chi connectivity index (χ4v) is 4.23. The summed E-state index contributed by atoms with van der Waals surface area (Å²) in [7, 11) is 0. The molecule has 1 aromatic rings. The largest absolute Gasteiger partial charge is 0.488 e. The zero-order valence-corrected chi connectivity index (χ0v) is 12.1. The van der Waals surface area contributed by atoms with Gasteiger partial charge in [-0.05, 0) is 24.5 Å². The summed E-state index contributed by atoms with van der Waals surface area (Å²) in [6.07, 6.45) is 6.93. The van der Waals surface area contributed by atoms with E-state index >= 15 is 0 Å². The highest BCUT2D eigenvalue weighted by atomic mass is 16.5. The van der Waals surface area contributed by atoms with Crippen molar-refractivity contribution < 1.29 is 4.74 Å². The van der Waals surface area contributed by atoms with Crippen molar-refractivity contribution in [1.29, 1.82) is 0 Å². The van der Waals surface area contributed by atoms with E-state index < -0.39 is 0 Å². The molecule has 1 aliphatic carbocycles. The molecule has 1 spiro atoms. The van der Waals surface area contributed by atoms with Gasteiger partial charge in [0, 0.05) is 38.1 Å². The Hall–Kier alpha value is -1.06. The molecule has 108 valence electrons. The molecule has 1 saturated heterocycles. The van der Waals surface area contributed by atoms with Gasteiger partial charge in [0.15, 0.2) is 0 Å². The van der Waals surface area contributed by atoms with Crippen LogP contribution >= 0.6 is 0 Å². The van der Waals surface area contributed by atoms with E-state index in [1.807, 2.05) is 0 Å². The van der Waals surface area contributed by atoms with Gasteiger partial charge in [-0.15, -0.1) is 0 Å². The maximum Gasteiger partial charge on any atom is 0.123 e. The van der Waals surface area contributed by atoms with Crippen LogP contribution < -0.4 is 10.1 Å². The summed E-state index contributed by atoms with van der Waals surface area (Å²) in [4.78, 5) is 2.62. The first-order valence-corrected chi connectivity index (χ1v) is 8.05. The maximum atomic E-state index is 6.10. The van der Waals surface area contributed by atoms with Crippen molar-refractivity contribution in [2.24, 2.45) is 0 Å². The molecule has 0 bridgehead atoms. The Balaban J connectivity index is 1.38. The highest BCUT2D eigenvalue weighted by Gasteiger charge is 2.38. The predicted octanol–water partition coefficient (Wildman–Crippen LogP) is 2.21. The van der Waals surface area contributed by atoms with E-state index in [2.05, 4.69) is 34.5 Å². The minimum Gasteiger partial charge on any atom is -0.488 e. The van der Waals surface area contributed by atoms with E-state index in [0.717, 1.165) is 31.8 Å². The average molecular weight is 272 g/mol. The Morgan fingerprint density at radius 3 is 2.95 bits per heavy atom. The molecule has 2 fully saturated rings. The summed E-state index contributed by atoms with van der Waals surface area (Å²) in [6, 6.07) is 8.49. The molecule has 1 atom stereocenters. The number of ether oxygens (including phenoxy) is 1. The molecule has 3 heteroatoms. The number of hydrogen-bond acceptors (Lipinski definition) is 3. The van der Waals surface area contributed by atoms with Gasteiger partial charge in [0.1, 0.15) is 11.9 Å². The molecule has 1 saturated carbocycles. The van der Waals surface area contributed by atoms with Crippen LogP contribution in [0.3, 0.4) is 0 Å². The van der Waals surface area contributed by atoms with Crippen molar-refractivity contribution in [3.8, 4) is 5.75 Å². The first kappa shape index (κ1) is 12.7. The van der Waals surface area contributed by atoms with Crippen LogP contribution in [-0.4, -0.2) is 42.7 Å². The topological polar surface area (TPSA) is 24.5 Å². The van der Waals surface area contributed by atoms with E-state index in [9.17, 15) is 0 Å². The molecule has 3 nitrogen and oxygen atoms in total. The lowest BCUT2D eigenvalue weighted by Gasteiger charge is -2.42. The van der Waals surface area contributed by atoms with Gasteiger partial charge < -0.3 is 10.1 Å². The monoisotopic (exact) mass is 272 g/mol. The maximum absolute atomic E-state index is 6.10. The van der Waals surface area contributed by atoms with Crippen molar-refractivity contribution in [2.45, 2.75) is 43.7 Å². The van der Waals surface area contributed by atoms with Crippen LogP contribution in [0.2, 0.25) is 0 Å². The second-order valence-electron chi connectivity index (χ2n) is 6.70. The third kappa shape index (κ3) is 2.33. The Morgan fingerprint density at radius 1 is 1.25 bits per heavy atom. The lowest BCUT2D eigenvalue weighted by Crippen LogP contribution is -2.60.